The smallest absolute Gasteiger partial charge is 0.0147 e. The fourth-order valence-electron chi connectivity index (χ4n) is 0.385. The van der Waals surface area contributed by atoms with Crippen molar-refractivity contribution in [3.63, 3.8) is 0 Å². The van der Waals surface area contributed by atoms with Gasteiger partial charge in [-0.3, -0.25) is 0 Å². The highest BCUT2D eigenvalue weighted by Gasteiger charge is 1.75. The normalized spacial score (nSPS) is 9.38. The van der Waals surface area contributed by atoms with Gasteiger partial charge in [-0.15, -0.1) is 0 Å². The van der Waals surface area contributed by atoms with Gasteiger partial charge in [-0.05, 0) is 19.5 Å². The molecule has 0 rings (SSSR count). The minimum atomic E-state index is 0.719. The average molecular weight is 188 g/mol. The van der Waals surface area contributed by atoms with Gasteiger partial charge >= 0.3 is 0 Å². The molecule has 0 saturated heterocycles. The molecule has 0 unspecified atom stereocenters. The third-order valence-electron chi connectivity index (χ3n) is 1.07. The maximum Gasteiger partial charge on any atom is 0.0147 e. The van der Waals surface area contributed by atoms with Gasteiger partial charge in [0, 0.05) is 40.6 Å². The van der Waals surface area contributed by atoms with Crippen LogP contribution >= 0.6 is 0 Å². The Balaban J connectivity index is 0. The van der Waals surface area contributed by atoms with Crippen molar-refractivity contribution in [1.29, 1.82) is 0 Å². The van der Waals surface area contributed by atoms with E-state index in [1.54, 1.807) is 0 Å². The van der Waals surface area contributed by atoms with Gasteiger partial charge in [0.15, 0.2) is 0 Å². The molecule has 0 amide bonds. The Bertz CT molecular complexity index is 98.2. The Labute approximate surface area is 82.2 Å². The van der Waals surface area contributed by atoms with E-state index in [4.69, 9.17) is 11.5 Å². The first kappa shape index (κ1) is 14.8. The molecule has 13 heavy (non-hydrogen) atoms. The molecule has 0 aromatic heterocycles. The molecule has 4 N–H and O–H groups in total. The van der Waals surface area contributed by atoms with Crippen molar-refractivity contribution in [2.24, 2.45) is 11.5 Å². The Morgan fingerprint density at radius 1 is 0.846 bits per heavy atom. The molecule has 0 aliphatic carbocycles. The van der Waals surface area contributed by atoms with Gasteiger partial charge in [-0.1, -0.05) is 0 Å². The van der Waals surface area contributed by atoms with Crippen LogP contribution in [0.4, 0.5) is 0 Å². The molecule has 0 spiro atoms. The highest BCUT2D eigenvalue weighted by molar-refractivity contribution is 4.75. The molecule has 0 aromatic carbocycles. The van der Waals surface area contributed by atoms with Crippen LogP contribution in [0.15, 0.2) is 12.4 Å². The predicted molar refractivity (Wildman–Crippen MR) is 59.2 cm³/mol. The zero-order chi connectivity index (χ0) is 10.7. The summed E-state index contributed by atoms with van der Waals surface area (Å²) in [5.74, 6) is 0. The molecule has 0 aliphatic heterocycles. The van der Waals surface area contributed by atoms with Crippen molar-refractivity contribution in [1.82, 2.24) is 9.80 Å². The second-order valence-electron chi connectivity index (χ2n) is 3.16. The van der Waals surface area contributed by atoms with Gasteiger partial charge in [0.1, 0.15) is 0 Å². The number of hydrogen-bond acceptors (Lipinski definition) is 4. The van der Waals surface area contributed by atoms with Gasteiger partial charge in [-0.2, -0.15) is 0 Å². The Morgan fingerprint density at radius 2 is 1.15 bits per heavy atom. The van der Waals surface area contributed by atoms with Crippen LogP contribution in [0, 0.1) is 0 Å². The van der Waals surface area contributed by atoms with Gasteiger partial charge in [0.2, 0.25) is 0 Å². The average Bonchev–Trinajstić information content (AvgIpc) is 2.03. The van der Waals surface area contributed by atoms with E-state index in [0.717, 1.165) is 19.5 Å². The Morgan fingerprint density at radius 3 is 1.23 bits per heavy atom. The molecule has 0 saturated carbocycles. The standard InChI is InChI=1S/C6H14N2.C3H10N2/c1-7(2)5-6-8(3)4;4-2-1-3-5/h5-6H,1-4H3;1-5H2/b6-5+;. The topological polar surface area (TPSA) is 58.5 Å². The summed E-state index contributed by atoms with van der Waals surface area (Å²) in [4.78, 5) is 4.00. The molecule has 4 nitrogen and oxygen atoms in total. The molecule has 0 fully saturated rings. The molecular weight excluding hydrogens is 164 g/mol. The van der Waals surface area contributed by atoms with E-state index in [2.05, 4.69) is 0 Å². The zero-order valence-electron chi connectivity index (χ0n) is 9.33. The van der Waals surface area contributed by atoms with E-state index < -0.39 is 0 Å². The molecular formula is C9H24N4. The quantitative estimate of drug-likeness (QED) is 0.645. The van der Waals surface area contributed by atoms with Crippen molar-refractivity contribution < 1.29 is 0 Å². The van der Waals surface area contributed by atoms with Crippen LogP contribution in [0.2, 0.25) is 0 Å². The molecule has 0 heterocycles. The van der Waals surface area contributed by atoms with E-state index in [9.17, 15) is 0 Å². The first-order valence-corrected chi connectivity index (χ1v) is 4.46. The van der Waals surface area contributed by atoms with Gasteiger partial charge in [0.25, 0.3) is 0 Å². The monoisotopic (exact) mass is 188 g/mol. The molecule has 0 bridgehead atoms. The number of hydrogen-bond donors (Lipinski definition) is 2. The fraction of sp³-hybridized carbons (Fsp3) is 0.778. The Kier molecular flexibility index (Phi) is 12.8. The maximum atomic E-state index is 5.06. The third-order valence-corrected chi connectivity index (χ3v) is 1.07. The second-order valence-corrected chi connectivity index (χ2v) is 3.16. The zero-order valence-corrected chi connectivity index (χ0v) is 9.33. The molecule has 0 atom stereocenters. The van der Waals surface area contributed by atoms with E-state index in [1.807, 2.05) is 50.4 Å². The van der Waals surface area contributed by atoms with Crippen LogP contribution in [-0.2, 0) is 0 Å². The lowest BCUT2D eigenvalue weighted by Crippen LogP contribution is -2.06. The largest absolute Gasteiger partial charge is 0.382 e. The minimum absolute atomic E-state index is 0.719. The Hall–Kier alpha value is -0.740. The van der Waals surface area contributed by atoms with Crippen molar-refractivity contribution in [3.8, 4) is 0 Å². The number of rotatable bonds is 4. The maximum absolute atomic E-state index is 5.06. The lowest BCUT2D eigenvalue weighted by atomic mass is 10.4. The second kappa shape index (κ2) is 11.3. The number of nitrogens with zero attached hydrogens (tertiary/aromatic N) is 2. The van der Waals surface area contributed by atoms with Crippen LogP contribution in [0.1, 0.15) is 6.42 Å². The van der Waals surface area contributed by atoms with Crippen LogP contribution < -0.4 is 11.5 Å². The first-order chi connectivity index (χ1) is 6.04. The van der Waals surface area contributed by atoms with Gasteiger partial charge in [-0.25, -0.2) is 0 Å². The first-order valence-electron chi connectivity index (χ1n) is 4.46. The highest BCUT2D eigenvalue weighted by Crippen LogP contribution is 1.78. The van der Waals surface area contributed by atoms with Gasteiger partial charge in [0.05, 0.1) is 0 Å². The van der Waals surface area contributed by atoms with Crippen LogP contribution in [0.5, 0.6) is 0 Å². The van der Waals surface area contributed by atoms with Crippen molar-refractivity contribution in [2.75, 3.05) is 41.3 Å². The summed E-state index contributed by atoms with van der Waals surface area (Å²) in [5, 5.41) is 0. The third kappa shape index (κ3) is 24.6. The lowest BCUT2D eigenvalue weighted by Gasteiger charge is -2.07. The fourth-order valence-corrected chi connectivity index (χ4v) is 0.385. The summed E-state index contributed by atoms with van der Waals surface area (Å²) in [6.45, 7) is 1.44. The molecule has 4 heteroatoms. The van der Waals surface area contributed by atoms with Crippen LogP contribution in [0.25, 0.3) is 0 Å². The van der Waals surface area contributed by atoms with Gasteiger partial charge < -0.3 is 21.3 Å². The van der Waals surface area contributed by atoms with E-state index in [0.29, 0.717) is 0 Å². The van der Waals surface area contributed by atoms with Crippen molar-refractivity contribution >= 4 is 0 Å². The van der Waals surface area contributed by atoms with E-state index in [-0.39, 0.29) is 0 Å². The summed E-state index contributed by atoms with van der Waals surface area (Å²) < 4.78 is 0. The van der Waals surface area contributed by atoms with Crippen molar-refractivity contribution in [2.45, 2.75) is 6.42 Å². The number of nitrogens with two attached hydrogens (primary N) is 2. The molecule has 0 aliphatic rings. The summed E-state index contributed by atoms with van der Waals surface area (Å²) in [7, 11) is 8.00. The SMILES string of the molecule is CN(C)/C=C/N(C)C.NCCCN. The summed E-state index contributed by atoms with van der Waals surface area (Å²) >= 11 is 0. The highest BCUT2D eigenvalue weighted by atomic mass is 15.1. The minimum Gasteiger partial charge on any atom is -0.382 e. The van der Waals surface area contributed by atoms with E-state index in [1.165, 1.54) is 0 Å². The predicted octanol–water partition coefficient (Wildman–Crippen LogP) is -0.125. The lowest BCUT2D eigenvalue weighted by molar-refractivity contribution is 0.512. The van der Waals surface area contributed by atoms with E-state index >= 15 is 0 Å². The molecule has 0 aromatic rings. The van der Waals surface area contributed by atoms with Crippen molar-refractivity contribution in [3.05, 3.63) is 12.4 Å². The molecule has 0 radical (unpaired) electrons. The summed E-state index contributed by atoms with van der Waals surface area (Å²) in [6, 6.07) is 0. The summed E-state index contributed by atoms with van der Waals surface area (Å²) in [5.41, 5.74) is 10.1. The van der Waals surface area contributed by atoms with Crippen LogP contribution in [0.3, 0.4) is 0 Å². The van der Waals surface area contributed by atoms with Crippen LogP contribution in [-0.4, -0.2) is 51.1 Å². The summed E-state index contributed by atoms with van der Waals surface area (Å²) in [6.07, 6.45) is 4.94. The molecule has 80 valence electrons.